The molecule has 0 fully saturated rings. The van der Waals surface area contributed by atoms with E-state index < -0.39 is 42.1 Å². The summed E-state index contributed by atoms with van der Waals surface area (Å²) in [6.07, 6.45) is -7.58. The molecule has 0 saturated heterocycles. The third kappa shape index (κ3) is 5.25. The second-order valence-electron chi connectivity index (χ2n) is 3.89. The van der Waals surface area contributed by atoms with Crippen molar-refractivity contribution in [3.8, 4) is 0 Å². The molecule has 1 N–H and O–H groups in total. The molecule has 0 saturated carbocycles. The number of carbonyl (C=O) groups excluding carboxylic acids is 1. The SMILES string of the molecule is O=C(NCCOCC(F)F)c1cccc(C(F)(F)F)c1F. The number of rotatable bonds is 6. The molecule has 0 spiro atoms. The lowest BCUT2D eigenvalue weighted by Gasteiger charge is -2.11. The fourth-order valence-corrected chi connectivity index (χ4v) is 1.43. The van der Waals surface area contributed by atoms with Gasteiger partial charge in [-0.25, -0.2) is 13.2 Å². The number of alkyl halides is 5. The van der Waals surface area contributed by atoms with Gasteiger partial charge in [0, 0.05) is 6.54 Å². The first kappa shape index (κ1) is 17.3. The highest BCUT2D eigenvalue weighted by Gasteiger charge is 2.35. The highest BCUT2D eigenvalue weighted by molar-refractivity contribution is 5.94. The normalized spacial score (nSPS) is 11.8. The number of halogens is 6. The minimum Gasteiger partial charge on any atom is -0.374 e. The predicted octanol–water partition coefficient (Wildman–Crippen LogP) is 2.86. The Bertz CT molecular complexity index is 489. The smallest absolute Gasteiger partial charge is 0.374 e. The van der Waals surface area contributed by atoms with Gasteiger partial charge in [-0.2, -0.15) is 13.2 Å². The Balaban J connectivity index is 2.63. The Kier molecular flexibility index (Phi) is 6.01. The van der Waals surface area contributed by atoms with Crippen LogP contribution in [0.4, 0.5) is 26.3 Å². The molecule has 1 rings (SSSR count). The van der Waals surface area contributed by atoms with Crippen molar-refractivity contribution in [1.29, 1.82) is 0 Å². The highest BCUT2D eigenvalue weighted by atomic mass is 19.4. The van der Waals surface area contributed by atoms with Gasteiger partial charge in [-0.15, -0.1) is 0 Å². The van der Waals surface area contributed by atoms with Crippen LogP contribution < -0.4 is 5.32 Å². The first-order valence-electron chi connectivity index (χ1n) is 5.73. The summed E-state index contributed by atoms with van der Waals surface area (Å²) in [7, 11) is 0. The largest absolute Gasteiger partial charge is 0.419 e. The van der Waals surface area contributed by atoms with Crippen molar-refractivity contribution in [3.05, 3.63) is 35.1 Å². The number of ether oxygens (including phenoxy) is 1. The molecule has 1 amide bonds. The maximum atomic E-state index is 13.6. The predicted molar refractivity (Wildman–Crippen MR) is 60.6 cm³/mol. The molecule has 0 bridgehead atoms. The minimum atomic E-state index is -4.92. The molecular weight excluding hydrogens is 304 g/mol. The molecule has 21 heavy (non-hydrogen) atoms. The molecule has 0 aliphatic carbocycles. The Morgan fingerprint density at radius 3 is 2.52 bits per heavy atom. The van der Waals surface area contributed by atoms with Crippen LogP contribution in [0.25, 0.3) is 0 Å². The van der Waals surface area contributed by atoms with Crippen LogP contribution in [0.2, 0.25) is 0 Å². The average molecular weight is 315 g/mol. The molecule has 9 heteroatoms. The van der Waals surface area contributed by atoms with Crippen LogP contribution in [-0.2, 0) is 10.9 Å². The molecule has 0 radical (unpaired) electrons. The number of amides is 1. The summed E-state index contributed by atoms with van der Waals surface area (Å²) < 4.78 is 78.9. The van der Waals surface area contributed by atoms with Gasteiger partial charge in [0.25, 0.3) is 12.3 Å². The third-order valence-electron chi connectivity index (χ3n) is 2.32. The lowest BCUT2D eigenvalue weighted by molar-refractivity contribution is -0.140. The zero-order chi connectivity index (χ0) is 16.0. The van der Waals surface area contributed by atoms with E-state index in [1.54, 1.807) is 0 Å². The lowest BCUT2D eigenvalue weighted by atomic mass is 10.1. The second kappa shape index (κ2) is 7.30. The van der Waals surface area contributed by atoms with E-state index in [1.165, 1.54) is 0 Å². The Morgan fingerprint density at radius 2 is 1.95 bits per heavy atom. The van der Waals surface area contributed by atoms with Crippen molar-refractivity contribution in [2.24, 2.45) is 0 Å². The van der Waals surface area contributed by atoms with Crippen LogP contribution >= 0.6 is 0 Å². The topological polar surface area (TPSA) is 38.3 Å². The minimum absolute atomic E-state index is 0.235. The maximum Gasteiger partial charge on any atom is 0.419 e. The van der Waals surface area contributed by atoms with Gasteiger partial charge in [-0.05, 0) is 12.1 Å². The Hall–Kier alpha value is -1.77. The van der Waals surface area contributed by atoms with Gasteiger partial charge in [0.2, 0.25) is 0 Å². The average Bonchev–Trinajstić information content (AvgIpc) is 2.36. The second-order valence-corrected chi connectivity index (χ2v) is 3.89. The number of hydrogen-bond acceptors (Lipinski definition) is 2. The highest BCUT2D eigenvalue weighted by Crippen LogP contribution is 2.32. The summed E-state index contributed by atoms with van der Waals surface area (Å²) in [4.78, 5) is 11.5. The van der Waals surface area contributed by atoms with Gasteiger partial charge in [0.15, 0.2) is 0 Å². The van der Waals surface area contributed by atoms with Crippen molar-refractivity contribution in [3.63, 3.8) is 0 Å². The molecular formula is C12H11F6NO2. The van der Waals surface area contributed by atoms with Gasteiger partial charge in [0.05, 0.1) is 17.7 Å². The molecule has 0 aromatic heterocycles. The Morgan fingerprint density at radius 1 is 1.29 bits per heavy atom. The summed E-state index contributed by atoms with van der Waals surface area (Å²) in [5.74, 6) is -2.77. The van der Waals surface area contributed by atoms with E-state index in [9.17, 15) is 31.1 Å². The molecule has 1 aromatic rings. The zero-order valence-corrected chi connectivity index (χ0v) is 10.5. The molecule has 1 aromatic carbocycles. The molecule has 0 atom stereocenters. The van der Waals surface area contributed by atoms with E-state index in [0.29, 0.717) is 6.07 Å². The molecule has 0 aliphatic rings. The van der Waals surface area contributed by atoms with Crippen LogP contribution in [0.3, 0.4) is 0 Å². The first-order chi connectivity index (χ1) is 9.73. The summed E-state index contributed by atoms with van der Waals surface area (Å²) in [5.41, 5.74) is -2.33. The number of hydrogen-bond donors (Lipinski definition) is 1. The van der Waals surface area contributed by atoms with Gasteiger partial charge in [-0.3, -0.25) is 4.79 Å². The maximum absolute atomic E-state index is 13.6. The van der Waals surface area contributed by atoms with E-state index in [4.69, 9.17) is 0 Å². The van der Waals surface area contributed by atoms with E-state index in [0.717, 1.165) is 12.1 Å². The van der Waals surface area contributed by atoms with Crippen molar-refractivity contribution in [2.45, 2.75) is 12.6 Å². The molecule has 0 aliphatic heterocycles. The van der Waals surface area contributed by atoms with Gasteiger partial charge >= 0.3 is 6.18 Å². The van der Waals surface area contributed by atoms with Crippen molar-refractivity contribution in [1.82, 2.24) is 5.32 Å². The molecule has 0 heterocycles. The van der Waals surface area contributed by atoms with Gasteiger partial charge in [0.1, 0.15) is 12.4 Å². The Labute approximate surface area is 115 Å². The standard InChI is InChI=1S/C12H11F6NO2/c13-9(14)6-21-5-4-19-11(20)7-2-1-3-8(10(7)15)12(16,17)18/h1-3,9H,4-6H2,(H,19,20). The van der Waals surface area contributed by atoms with Crippen LogP contribution in [0, 0.1) is 5.82 Å². The summed E-state index contributed by atoms with van der Waals surface area (Å²) in [5, 5.41) is 2.08. The van der Waals surface area contributed by atoms with Crippen LogP contribution in [0.5, 0.6) is 0 Å². The van der Waals surface area contributed by atoms with Crippen LogP contribution in [0.1, 0.15) is 15.9 Å². The van der Waals surface area contributed by atoms with E-state index in [-0.39, 0.29) is 13.2 Å². The van der Waals surface area contributed by atoms with Crippen molar-refractivity contribution < 1.29 is 35.9 Å². The number of nitrogens with one attached hydrogen (secondary N) is 1. The summed E-state index contributed by atoms with van der Waals surface area (Å²) in [6, 6.07) is 2.30. The summed E-state index contributed by atoms with van der Waals surface area (Å²) in [6.45, 7) is -1.33. The van der Waals surface area contributed by atoms with Crippen LogP contribution in [-0.4, -0.2) is 32.1 Å². The number of carbonyl (C=O) groups is 1. The molecule has 118 valence electrons. The van der Waals surface area contributed by atoms with E-state index in [2.05, 4.69) is 10.1 Å². The first-order valence-corrected chi connectivity index (χ1v) is 5.73. The zero-order valence-electron chi connectivity index (χ0n) is 10.5. The summed E-state index contributed by atoms with van der Waals surface area (Å²) >= 11 is 0. The molecule has 3 nitrogen and oxygen atoms in total. The molecule has 0 unspecified atom stereocenters. The van der Waals surface area contributed by atoms with E-state index in [1.807, 2.05) is 0 Å². The van der Waals surface area contributed by atoms with Gasteiger partial charge in [-0.1, -0.05) is 6.07 Å². The van der Waals surface area contributed by atoms with E-state index >= 15 is 0 Å². The van der Waals surface area contributed by atoms with Crippen molar-refractivity contribution >= 4 is 5.91 Å². The van der Waals surface area contributed by atoms with Crippen molar-refractivity contribution in [2.75, 3.05) is 19.8 Å². The third-order valence-corrected chi connectivity index (χ3v) is 2.32. The quantitative estimate of drug-likeness (QED) is 0.647. The fraction of sp³-hybridized carbons (Fsp3) is 0.417. The number of benzene rings is 1. The van der Waals surface area contributed by atoms with Crippen LogP contribution in [0.15, 0.2) is 18.2 Å². The monoisotopic (exact) mass is 315 g/mol. The fourth-order valence-electron chi connectivity index (χ4n) is 1.43. The van der Waals surface area contributed by atoms with Gasteiger partial charge < -0.3 is 10.1 Å². The lowest BCUT2D eigenvalue weighted by Crippen LogP contribution is -2.29.